The zero-order chi connectivity index (χ0) is 12.2. The highest BCUT2D eigenvalue weighted by Gasteiger charge is 2.13. The monoisotopic (exact) mass is 260 g/mol. The molecule has 86 valence electrons. The van der Waals surface area contributed by atoms with Crippen LogP contribution in [0, 0.1) is 0 Å². The number of hydrogen-bond donors (Lipinski definition) is 0. The second-order valence-corrected chi connectivity index (χ2v) is 5.42. The molecule has 0 spiro atoms. The second kappa shape index (κ2) is 5.14. The first-order valence-corrected chi connectivity index (χ1v) is 6.59. The number of halogens is 1. The summed E-state index contributed by atoms with van der Waals surface area (Å²) in [5.74, 6) is -0.623. The molecule has 1 aromatic rings. The van der Waals surface area contributed by atoms with Crippen molar-refractivity contribution in [3.63, 3.8) is 0 Å². The number of benzene rings is 1. The molecule has 0 saturated heterocycles. The van der Waals surface area contributed by atoms with E-state index in [0.717, 1.165) is 6.07 Å². The van der Waals surface area contributed by atoms with Crippen LogP contribution in [0.3, 0.4) is 0 Å². The molecule has 0 saturated carbocycles. The lowest BCUT2D eigenvalue weighted by molar-refractivity contribution is 0.0549. The number of carbonyl (C=O) groups excluding carboxylic acids is 1. The highest BCUT2D eigenvalue weighted by atomic mass is 35.7. The second-order valence-electron chi connectivity index (χ2n) is 2.85. The van der Waals surface area contributed by atoms with Crippen LogP contribution < -0.4 is 0 Å². The average molecular weight is 261 g/mol. The lowest BCUT2D eigenvalue weighted by atomic mass is 10.2. The summed E-state index contributed by atoms with van der Waals surface area (Å²) in [4.78, 5) is 11.2. The maximum absolute atomic E-state index is 11.4. The molecule has 1 aromatic carbocycles. The summed E-state index contributed by atoms with van der Waals surface area (Å²) >= 11 is 0. The van der Waals surface area contributed by atoms with Gasteiger partial charge in [0.2, 0.25) is 0 Å². The van der Waals surface area contributed by atoms with Crippen LogP contribution in [0.2, 0.25) is 0 Å². The predicted molar refractivity (Wildman–Crippen MR) is 60.0 cm³/mol. The maximum atomic E-state index is 11.4. The lowest BCUT2D eigenvalue weighted by Gasteiger charge is -2.02. The fourth-order valence-corrected chi connectivity index (χ4v) is 1.79. The quantitative estimate of drug-likeness (QED) is 0.472. The Labute approximate surface area is 97.9 Å². The molecule has 0 heterocycles. The molecular weight excluding hydrogens is 252 g/mol. The highest BCUT2D eigenvalue weighted by molar-refractivity contribution is 8.13. The first-order chi connectivity index (χ1) is 7.45. The SMILES string of the molecule is C=CCOC(=O)c1cccc(S(=O)(=O)Cl)c1. The van der Waals surface area contributed by atoms with Gasteiger partial charge in [-0.05, 0) is 18.2 Å². The normalized spacial score (nSPS) is 10.8. The van der Waals surface area contributed by atoms with Crippen LogP contribution in [0.4, 0.5) is 0 Å². The molecule has 0 aromatic heterocycles. The van der Waals surface area contributed by atoms with E-state index < -0.39 is 15.0 Å². The fraction of sp³-hybridized carbons (Fsp3) is 0.100. The van der Waals surface area contributed by atoms with E-state index in [1.165, 1.54) is 24.3 Å². The van der Waals surface area contributed by atoms with E-state index in [1.54, 1.807) is 0 Å². The summed E-state index contributed by atoms with van der Waals surface area (Å²) < 4.78 is 26.8. The molecule has 0 atom stereocenters. The molecule has 0 radical (unpaired) electrons. The maximum Gasteiger partial charge on any atom is 0.338 e. The van der Waals surface area contributed by atoms with E-state index in [1.807, 2.05) is 0 Å². The van der Waals surface area contributed by atoms with Gasteiger partial charge in [0.05, 0.1) is 10.5 Å². The highest BCUT2D eigenvalue weighted by Crippen LogP contribution is 2.16. The summed E-state index contributed by atoms with van der Waals surface area (Å²) in [6.07, 6.45) is 1.42. The molecule has 0 aliphatic heterocycles. The van der Waals surface area contributed by atoms with Crippen LogP contribution >= 0.6 is 10.7 Å². The number of rotatable bonds is 4. The Morgan fingerprint density at radius 2 is 2.19 bits per heavy atom. The zero-order valence-electron chi connectivity index (χ0n) is 8.22. The summed E-state index contributed by atoms with van der Waals surface area (Å²) in [7, 11) is 1.31. The van der Waals surface area contributed by atoms with Crippen molar-refractivity contribution < 1.29 is 17.9 Å². The van der Waals surface area contributed by atoms with E-state index in [-0.39, 0.29) is 17.1 Å². The molecule has 0 N–H and O–H groups in total. The average Bonchev–Trinajstić information content (AvgIpc) is 2.25. The van der Waals surface area contributed by atoms with Crippen molar-refractivity contribution in [2.24, 2.45) is 0 Å². The van der Waals surface area contributed by atoms with Gasteiger partial charge < -0.3 is 4.74 Å². The first-order valence-electron chi connectivity index (χ1n) is 4.28. The molecule has 0 aliphatic carbocycles. The molecule has 0 amide bonds. The molecule has 1 rings (SSSR count). The van der Waals surface area contributed by atoms with E-state index in [9.17, 15) is 13.2 Å². The van der Waals surface area contributed by atoms with E-state index in [0.29, 0.717) is 0 Å². The largest absolute Gasteiger partial charge is 0.458 e. The van der Waals surface area contributed by atoms with Crippen LogP contribution in [0.15, 0.2) is 41.8 Å². The lowest BCUT2D eigenvalue weighted by Crippen LogP contribution is -2.05. The summed E-state index contributed by atoms with van der Waals surface area (Å²) in [6, 6.07) is 5.32. The molecular formula is C10H9ClO4S. The van der Waals surface area contributed by atoms with Crippen LogP contribution in [0.25, 0.3) is 0 Å². The minimum atomic E-state index is -3.84. The van der Waals surface area contributed by atoms with Gasteiger partial charge in [-0.2, -0.15) is 0 Å². The number of esters is 1. The van der Waals surface area contributed by atoms with Crippen LogP contribution in [-0.2, 0) is 13.8 Å². The van der Waals surface area contributed by atoms with Gasteiger partial charge in [-0.25, -0.2) is 13.2 Å². The minimum absolute atomic E-state index is 0.0662. The molecule has 0 bridgehead atoms. The van der Waals surface area contributed by atoms with Gasteiger partial charge in [0.15, 0.2) is 0 Å². The summed E-state index contributed by atoms with van der Waals surface area (Å²) in [5, 5.41) is 0. The zero-order valence-corrected chi connectivity index (χ0v) is 9.79. The molecule has 6 heteroatoms. The number of carbonyl (C=O) groups is 1. The smallest absolute Gasteiger partial charge is 0.338 e. The van der Waals surface area contributed by atoms with Gasteiger partial charge in [0.1, 0.15) is 6.61 Å². The molecule has 16 heavy (non-hydrogen) atoms. The Kier molecular flexibility index (Phi) is 4.09. The van der Waals surface area contributed by atoms with E-state index in [4.69, 9.17) is 15.4 Å². The predicted octanol–water partition coefficient (Wildman–Crippen LogP) is 1.96. The number of hydrogen-bond acceptors (Lipinski definition) is 4. The Balaban J connectivity index is 2.99. The van der Waals surface area contributed by atoms with Gasteiger partial charge in [0.25, 0.3) is 9.05 Å². The fourth-order valence-electron chi connectivity index (χ4n) is 0.993. The van der Waals surface area contributed by atoms with Crippen molar-refractivity contribution in [1.29, 1.82) is 0 Å². The topological polar surface area (TPSA) is 60.4 Å². The summed E-state index contributed by atoms with van der Waals surface area (Å²) in [6.45, 7) is 3.46. The van der Waals surface area contributed by atoms with Crippen LogP contribution in [-0.4, -0.2) is 21.0 Å². The molecule has 0 fully saturated rings. The molecule has 4 nitrogen and oxygen atoms in total. The van der Waals surface area contributed by atoms with Crippen molar-refractivity contribution in [3.8, 4) is 0 Å². The van der Waals surface area contributed by atoms with Crippen molar-refractivity contribution >= 4 is 25.7 Å². The third kappa shape index (κ3) is 3.36. The summed E-state index contributed by atoms with van der Waals surface area (Å²) in [5.41, 5.74) is 0.128. The van der Waals surface area contributed by atoms with Crippen LogP contribution in [0.5, 0.6) is 0 Å². The van der Waals surface area contributed by atoms with E-state index in [2.05, 4.69) is 6.58 Å². The van der Waals surface area contributed by atoms with Crippen molar-refractivity contribution in [2.75, 3.05) is 6.61 Å². The van der Waals surface area contributed by atoms with Crippen LogP contribution in [0.1, 0.15) is 10.4 Å². The van der Waals surface area contributed by atoms with Gasteiger partial charge in [-0.3, -0.25) is 0 Å². The van der Waals surface area contributed by atoms with E-state index >= 15 is 0 Å². The van der Waals surface area contributed by atoms with Crippen molar-refractivity contribution in [3.05, 3.63) is 42.5 Å². The number of ether oxygens (including phenoxy) is 1. The Morgan fingerprint density at radius 3 is 2.75 bits per heavy atom. The Hall–Kier alpha value is -1.33. The third-order valence-electron chi connectivity index (χ3n) is 1.68. The van der Waals surface area contributed by atoms with Gasteiger partial charge in [0, 0.05) is 10.7 Å². The Bertz CT molecular complexity index is 507. The van der Waals surface area contributed by atoms with Gasteiger partial charge in [-0.1, -0.05) is 18.7 Å². The Morgan fingerprint density at radius 1 is 1.50 bits per heavy atom. The molecule has 0 unspecified atom stereocenters. The van der Waals surface area contributed by atoms with Gasteiger partial charge >= 0.3 is 5.97 Å². The standard InChI is InChI=1S/C10H9ClO4S/c1-2-6-15-10(12)8-4-3-5-9(7-8)16(11,13)14/h2-5,7H,1,6H2. The van der Waals surface area contributed by atoms with Crippen molar-refractivity contribution in [2.45, 2.75) is 4.90 Å². The molecule has 0 aliphatic rings. The van der Waals surface area contributed by atoms with Gasteiger partial charge in [-0.15, -0.1) is 0 Å². The third-order valence-corrected chi connectivity index (χ3v) is 3.04. The minimum Gasteiger partial charge on any atom is -0.458 e. The first kappa shape index (κ1) is 12.7. The van der Waals surface area contributed by atoms with Crippen molar-refractivity contribution in [1.82, 2.24) is 0 Å².